The van der Waals surface area contributed by atoms with Gasteiger partial charge in [-0.1, -0.05) is 19.1 Å². The van der Waals surface area contributed by atoms with Gasteiger partial charge in [0.1, 0.15) is 11.7 Å². The third-order valence-corrected chi connectivity index (χ3v) is 5.31. The lowest BCUT2D eigenvalue weighted by molar-refractivity contribution is -0.119. The van der Waals surface area contributed by atoms with Gasteiger partial charge in [0.05, 0.1) is 34.4 Å². The fourth-order valence-electron chi connectivity index (χ4n) is 4.00. The normalized spacial score (nSPS) is 15.9. The minimum Gasteiger partial charge on any atom is -0.478 e. The van der Waals surface area contributed by atoms with Crippen LogP contribution in [0.4, 0.5) is 5.69 Å². The van der Waals surface area contributed by atoms with E-state index < -0.39 is 5.97 Å². The number of fused-ring (bicyclic) bond motifs is 1. The Kier molecular flexibility index (Phi) is 3.33. The zero-order valence-electron chi connectivity index (χ0n) is 15.3. The molecule has 0 spiro atoms. The Morgan fingerprint density at radius 3 is 2.89 bits per heavy atom. The van der Waals surface area contributed by atoms with Gasteiger partial charge in [0.25, 0.3) is 0 Å². The molecule has 4 aromatic rings. The maximum atomic E-state index is 12.7. The number of amides is 1. The van der Waals surface area contributed by atoms with E-state index in [1.165, 1.54) is 12.3 Å². The second-order valence-corrected chi connectivity index (χ2v) is 6.92. The molecular formula is C20H17N5O3. The summed E-state index contributed by atoms with van der Waals surface area (Å²) in [5.41, 5.74) is 4.59. The molecule has 0 aliphatic carbocycles. The largest absolute Gasteiger partial charge is 0.478 e. The maximum Gasteiger partial charge on any atom is 0.337 e. The molecule has 2 N–H and O–H groups in total. The van der Waals surface area contributed by atoms with Crippen molar-refractivity contribution in [1.29, 1.82) is 0 Å². The summed E-state index contributed by atoms with van der Waals surface area (Å²) < 4.78 is 3.66. The highest BCUT2D eigenvalue weighted by Crippen LogP contribution is 2.40. The second-order valence-electron chi connectivity index (χ2n) is 6.92. The summed E-state index contributed by atoms with van der Waals surface area (Å²) in [5.74, 6) is -1.10. The lowest BCUT2D eigenvalue weighted by atomic mass is 10.1. The maximum absolute atomic E-state index is 12.7. The average Bonchev–Trinajstić information content (AvgIpc) is 3.21. The van der Waals surface area contributed by atoms with Crippen LogP contribution in [0.3, 0.4) is 0 Å². The van der Waals surface area contributed by atoms with E-state index in [0.717, 1.165) is 28.0 Å². The minimum absolute atomic E-state index is 0.0485. The SMILES string of the molecule is CCC1C(=O)Nc2cccc3cc(-c4nc5cc(C(=O)O)cnn5c4C)n1c23. The van der Waals surface area contributed by atoms with Gasteiger partial charge in [-0.15, -0.1) is 0 Å². The Morgan fingerprint density at radius 1 is 1.32 bits per heavy atom. The number of nitrogens with zero attached hydrogens (tertiary/aromatic N) is 4. The van der Waals surface area contributed by atoms with Crippen molar-refractivity contribution in [3.8, 4) is 11.4 Å². The van der Waals surface area contributed by atoms with Crippen LogP contribution in [-0.2, 0) is 4.79 Å². The summed E-state index contributed by atoms with van der Waals surface area (Å²) in [7, 11) is 0. The van der Waals surface area contributed by atoms with Crippen LogP contribution >= 0.6 is 0 Å². The Bertz CT molecular complexity index is 1300. The van der Waals surface area contributed by atoms with Gasteiger partial charge < -0.3 is 15.0 Å². The molecule has 4 heterocycles. The van der Waals surface area contributed by atoms with Crippen molar-refractivity contribution in [2.75, 3.05) is 5.32 Å². The van der Waals surface area contributed by atoms with Gasteiger partial charge in [-0.2, -0.15) is 5.10 Å². The van der Waals surface area contributed by atoms with Crippen LogP contribution in [0.25, 0.3) is 27.9 Å². The molecule has 1 aliphatic heterocycles. The number of rotatable bonds is 3. The smallest absolute Gasteiger partial charge is 0.337 e. The third kappa shape index (κ3) is 2.11. The number of aryl methyl sites for hydroxylation is 1. The van der Waals surface area contributed by atoms with E-state index >= 15 is 0 Å². The quantitative estimate of drug-likeness (QED) is 0.572. The van der Waals surface area contributed by atoms with E-state index in [0.29, 0.717) is 17.8 Å². The first-order chi connectivity index (χ1) is 13.5. The molecule has 1 aromatic carbocycles. The molecule has 1 unspecified atom stereocenters. The van der Waals surface area contributed by atoms with E-state index in [1.54, 1.807) is 4.52 Å². The molecule has 1 aliphatic rings. The predicted molar refractivity (Wildman–Crippen MR) is 104 cm³/mol. The zero-order chi connectivity index (χ0) is 19.6. The van der Waals surface area contributed by atoms with Crippen LogP contribution in [0, 0.1) is 6.92 Å². The van der Waals surface area contributed by atoms with Crippen LogP contribution in [0.2, 0.25) is 0 Å². The monoisotopic (exact) mass is 375 g/mol. The lowest BCUT2D eigenvalue weighted by Gasteiger charge is -2.26. The summed E-state index contributed by atoms with van der Waals surface area (Å²) in [6.45, 7) is 3.86. The predicted octanol–water partition coefficient (Wildman–Crippen LogP) is 3.26. The lowest BCUT2D eigenvalue weighted by Crippen LogP contribution is -2.30. The number of anilines is 1. The topological polar surface area (TPSA) is 102 Å². The molecule has 8 nitrogen and oxygen atoms in total. The van der Waals surface area contributed by atoms with Gasteiger partial charge in [-0.25, -0.2) is 14.3 Å². The number of aromatic nitrogens is 4. The van der Waals surface area contributed by atoms with Gasteiger partial charge in [-0.05, 0) is 31.5 Å². The fraction of sp³-hybridized carbons (Fsp3) is 0.200. The molecule has 0 fully saturated rings. The van der Waals surface area contributed by atoms with E-state index in [9.17, 15) is 14.7 Å². The van der Waals surface area contributed by atoms with E-state index in [4.69, 9.17) is 0 Å². The molecule has 0 bridgehead atoms. The highest BCUT2D eigenvalue weighted by molar-refractivity contribution is 6.08. The molecule has 0 radical (unpaired) electrons. The summed E-state index contributed by atoms with van der Waals surface area (Å²) in [6, 6.07) is 9.00. The Hall–Kier alpha value is -3.68. The zero-order valence-corrected chi connectivity index (χ0v) is 15.3. The van der Waals surface area contributed by atoms with Gasteiger partial charge in [-0.3, -0.25) is 4.79 Å². The number of carboxylic acids is 1. The Labute approximate surface area is 159 Å². The minimum atomic E-state index is -1.05. The molecular weight excluding hydrogens is 358 g/mol. The number of aromatic carboxylic acids is 1. The van der Waals surface area contributed by atoms with Crippen molar-refractivity contribution in [2.45, 2.75) is 26.3 Å². The summed E-state index contributed by atoms with van der Waals surface area (Å²) >= 11 is 0. The number of para-hydroxylation sites is 1. The van der Waals surface area contributed by atoms with Gasteiger partial charge in [0.15, 0.2) is 5.65 Å². The Morgan fingerprint density at radius 2 is 2.14 bits per heavy atom. The molecule has 28 heavy (non-hydrogen) atoms. The first-order valence-electron chi connectivity index (χ1n) is 9.03. The van der Waals surface area contributed by atoms with Gasteiger partial charge in [0, 0.05) is 5.39 Å². The van der Waals surface area contributed by atoms with Crippen LogP contribution in [0.1, 0.15) is 35.4 Å². The second kappa shape index (κ2) is 5.66. The third-order valence-electron chi connectivity index (χ3n) is 5.31. The molecule has 1 atom stereocenters. The van der Waals surface area contributed by atoms with Crippen LogP contribution in [-0.4, -0.2) is 36.1 Å². The fourth-order valence-corrected chi connectivity index (χ4v) is 4.00. The molecule has 8 heteroatoms. The van der Waals surface area contributed by atoms with Crippen molar-refractivity contribution in [2.24, 2.45) is 0 Å². The number of hydrogen-bond donors (Lipinski definition) is 2. The molecule has 5 rings (SSSR count). The van der Waals surface area contributed by atoms with Crippen LogP contribution in [0.5, 0.6) is 0 Å². The number of hydrogen-bond acceptors (Lipinski definition) is 4. The first-order valence-corrected chi connectivity index (χ1v) is 9.03. The standard InChI is InChI=1S/C20H17N5O3/c1-3-14-19(26)22-13-6-4-5-11-7-15(24(14)18(11)13)17-10(2)25-16(23-17)8-12(9-21-25)20(27)28/h4-9,14H,3H2,1-2H3,(H,22,26)(H,27,28). The molecule has 1 amide bonds. The number of imidazole rings is 1. The molecule has 140 valence electrons. The highest BCUT2D eigenvalue weighted by atomic mass is 16.4. The number of benzene rings is 1. The number of nitrogens with one attached hydrogen (secondary N) is 1. The molecule has 3 aromatic heterocycles. The van der Waals surface area contributed by atoms with Crippen LogP contribution in [0.15, 0.2) is 36.5 Å². The number of carboxylic acid groups (broad SMARTS) is 1. The van der Waals surface area contributed by atoms with Crippen molar-refractivity contribution >= 4 is 34.1 Å². The van der Waals surface area contributed by atoms with Gasteiger partial charge >= 0.3 is 5.97 Å². The van der Waals surface area contributed by atoms with Crippen LogP contribution < -0.4 is 5.32 Å². The molecule has 0 saturated carbocycles. The number of carbonyl (C=O) groups is 2. The molecule has 0 saturated heterocycles. The number of carbonyl (C=O) groups excluding carboxylic acids is 1. The van der Waals surface area contributed by atoms with Crippen molar-refractivity contribution in [1.82, 2.24) is 19.2 Å². The first kappa shape index (κ1) is 16.5. The summed E-state index contributed by atoms with van der Waals surface area (Å²) in [4.78, 5) is 28.6. The average molecular weight is 375 g/mol. The Balaban J connectivity index is 1.82. The van der Waals surface area contributed by atoms with Crippen molar-refractivity contribution < 1.29 is 14.7 Å². The van der Waals surface area contributed by atoms with Gasteiger partial charge in [0.2, 0.25) is 5.91 Å². The van der Waals surface area contributed by atoms with E-state index in [2.05, 4.69) is 15.4 Å². The highest BCUT2D eigenvalue weighted by Gasteiger charge is 2.31. The summed E-state index contributed by atoms with van der Waals surface area (Å²) in [6.07, 6.45) is 1.96. The van der Waals surface area contributed by atoms with E-state index in [1.807, 2.05) is 42.7 Å². The van der Waals surface area contributed by atoms with E-state index in [-0.39, 0.29) is 17.5 Å². The van der Waals surface area contributed by atoms with Crippen molar-refractivity contribution in [3.05, 3.63) is 47.8 Å². The summed E-state index contributed by atoms with van der Waals surface area (Å²) in [5, 5.41) is 17.5. The van der Waals surface area contributed by atoms with Crippen molar-refractivity contribution in [3.63, 3.8) is 0 Å².